The highest BCUT2D eigenvalue weighted by atomic mass is 19.4. The van der Waals surface area contributed by atoms with Crippen molar-refractivity contribution < 1.29 is 8.96 Å². The number of hydrogen-bond acceptors (Lipinski definition) is 0. The summed E-state index contributed by atoms with van der Waals surface area (Å²) in [6.07, 6.45) is 7.90. The van der Waals surface area contributed by atoms with Gasteiger partial charge in [-0.05, 0) is 24.3 Å². The molecule has 2 heterocycles. The van der Waals surface area contributed by atoms with E-state index in [1.807, 2.05) is 0 Å². The molecule has 1 aromatic heterocycles. The summed E-state index contributed by atoms with van der Waals surface area (Å²) >= 11 is 0. The van der Waals surface area contributed by atoms with Gasteiger partial charge in [0.2, 0.25) is 5.70 Å². The number of hydrogen-bond donors (Lipinski definition) is 0. The zero-order chi connectivity index (χ0) is 9.76. The summed E-state index contributed by atoms with van der Waals surface area (Å²) in [6, 6.07) is 3.28. The number of halogens is 2. The molecule has 3 rings (SSSR count). The fraction of sp³-hybridized carbons (Fsp3) is 0. The van der Waals surface area contributed by atoms with E-state index in [0.29, 0.717) is 11.3 Å². The zero-order valence-electron chi connectivity index (χ0n) is 7.19. The van der Waals surface area contributed by atoms with Gasteiger partial charge in [0.15, 0.2) is 5.04 Å². The molecule has 1 aliphatic carbocycles. The Morgan fingerprint density at radius 1 is 1.29 bits per heavy atom. The van der Waals surface area contributed by atoms with Gasteiger partial charge in [-0.1, -0.05) is 6.08 Å². The number of allylic oxidation sites excluding steroid dienone is 3. The van der Waals surface area contributed by atoms with E-state index in [1.165, 1.54) is 12.3 Å². The Morgan fingerprint density at radius 3 is 3.00 bits per heavy atom. The summed E-state index contributed by atoms with van der Waals surface area (Å²) in [5, 5.41) is -2.22. The third-order valence-electron chi connectivity index (χ3n) is 2.45. The van der Waals surface area contributed by atoms with Crippen LogP contribution in [0.5, 0.6) is 0 Å². The molecule has 0 fully saturated rings. The highest BCUT2D eigenvalue weighted by Gasteiger charge is 2.45. The van der Waals surface area contributed by atoms with Gasteiger partial charge in [0.1, 0.15) is 5.69 Å². The molecule has 0 atom stereocenters. The lowest BCUT2D eigenvalue weighted by molar-refractivity contribution is -0.200. The predicted octanol–water partition coefficient (Wildman–Crippen LogP) is 2.55. The first kappa shape index (κ1) is 7.70. The van der Waals surface area contributed by atoms with Crippen molar-refractivity contribution in [3.63, 3.8) is 0 Å². The van der Waals surface area contributed by atoms with Gasteiger partial charge in [-0.2, -0.15) is 0 Å². The van der Waals surface area contributed by atoms with Crippen molar-refractivity contribution in [3.05, 3.63) is 53.5 Å². The van der Waals surface area contributed by atoms with Crippen molar-refractivity contribution in [2.24, 2.45) is 0 Å². The van der Waals surface area contributed by atoms with E-state index in [-0.39, 0.29) is 5.70 Å². The van der Waals surface area contributed by atoms with Crippen molar-refractivity contribution >= 4 is 6.08 Å². The highest BCUT2D eigenvalue weighted by molar-refractivity contribution is 5.66. The van der Waals surface area contributed by atoms with Crippen molar-refractivity contribution in [1.29, 1.82) is 0 Å². The minimum absolute atomic E-state index is 0.0219. The number of aromatic nitrogens is 1. The van der Waals surface area contributed by atoms with Crippen LogP contribution in [0.2, 0.25) is 0 Å². The molecule has 0 unspecified atom stereocenters. The summed E-state index contributed by atoms with van der Waals surface area (Å²) in [5.41, 5.74) is 1.13. The Bertz CT molecular complexity index is 492. The molecule has 0 aromatic carbocycles. The molecule has 0 radical (unpaired) electrons. The number of nitrogens with zero attached hydrogens (tertiary/aromatic N) is 2. The number of rotatable bonds is 0. The SMILES string of the molecule is F[N+]1(F)C2=CC=CC2=Cc2cccn21. The molecular formula is C10H7F2N2+. The van der Waals surface area contributed by atoms with Crippen LogP contribution in [0.15, 0.2) is 47.8 Å². The van der Waals surface area contributed by atoms with Crippen molar-refractivity contribution in [2.75, 3.05) is 0 Å². The van der Waals surface area contributed by atoms with Crippen LogP contribution >= 0.6 is 0 Å². The van der Waals surface area contributed by atoms with E-state index >= 15 is 0 Å². The molecule has 0 N–H and O–H groups in total. The Labute approximate surface area is 79.1 Å². The summed E-state index contributed by atoms with van der Waals surface area (Å²) in [4.78, 5) is 0. The van der Waals surface area contributed by atoms with Gasteiger partial charge in [-0.15, -0.1) is 4.68 Å². The molecule has 1 aromatic rings. The summed E-state index contributed by atoms with van der Waals surface area (Å²) in [6.45, 7) is 0. The second-order valence-electron chi connectivity index (χ2n) is 3.27. The summed E-state index contributed by atoms with van der Waals surface area (Å²) in [7, 11) is 0. The molecule has 14 heavy (non-hydrogen) atoms. The van der Waals surface area contributed by atoms with E-state index in [2.05, 4.69) is 0 Å². The lowest BCUT2D eigenvalue weighted by Crippen LogP contribution is -2.43. The molecule has 2 nitrogen and oxygen atoms in total. The second-order valence-corrected chi connectivity index (χ2v) is 3.27. The maximum Gasteiger partial charge on any atom is 0.249 e. The average Bonchev–Trinajstić information content (AvgIpc) is 2.71. The first-order valence-electron chi connectivity index (χ1n) is 4.27. The van der Waals surface area contributed by atoms with Gasteiger partial charge in [0.25, 0.3) is 0 Å². The normalized spacial score (nSPS) is 21.3. The van der Waals surface area contributed by atoms with Crippen LogP contribution in [-0.2, 0) is 0 Å². The molecule has 0 saturated heterocycles. The van der Waals surface area contributed by atoms with Crippen molar-refractivity contribution in [1.82, 2.24) is 9.71 Å². The second kappa shape index (κ2) is 2.22. The van der Waals surface area contributed by atoms with E-state index in [4.69, 9.17) is 0 Å². The van der Waals surface area contributed by atoms with Crippen LogP contribution in [0.25, 0.3) is 6.08 Å². The smallest absolute Gasteiger partial charge is 0.117 e. The van der Waals surface area contributed by atoms with Gasteiger partial charge in [0, 0.05) is 11.6 Å². The van der Waals surface area contributed by atoms with E-state index in [9.17, 15) is 8.96 Å². The molecule has 4 heteroatoms. The minimum atomic E-state index is -2.22. The molecule has 70 valence electrons. The fourth-order valence-electron chi connectivity index (χ4n) is 1.80. The number of quaternary nitrogens is 1. The lowest BCUT2D eigenvalue weighted by Gasteiger charge is -2.20. The summed E-state index contributed by atoms with van der Waals surface area (Å²) < 4.78 is 28.4. The Balaban J connectivity index is 2.32. The van der Waals surface area contributed by atoms with Crippen LogP contribution in [0.4, 0.5) is 8.96 Å². The average molecular weight is 193 g/mol. The Hall–Kier alpha value is -1.68. The third-order valence-corrected chi connectivity index (χ3v) is 2.45. The third kappa shape index (κ3) is 0.761. The van der Waals surface area contributed by atoms with Crippen molar-refractivity contribution in [3.8, 4) is 0 Å². The van der Waals surface area contributed by atoms with Crippen LogP contribution in [0, 0.1) is 0 Å². The van der Waals surface area contributed by atoms with Gasteiger partial charge in [0.05, 0.1) is 15.2 Å². The molecule has 0 spiro atoms. The first-order chi connectivity index (χ1) is 6.69. The largest absolute Gasteiger partial charge is 0.249 e. The molecule has 1 aliphatic heterocycles. The van der Waals surface area contributed by atoms with Gasteiger partial charge < -0.3 is 0 Å². The van der Waals surface area contributed by atoms with Gasteiger partial charge >= 0.3 is 0 Å². The maximum atomic E-state index is 13.7. The lowest BCUT2D eigenvalue weighted by atomic mass is 10.2. The van der Waals surface area contributed by atoms with Crippen LogP contribution < -0.4 is 5.04 Å². The quantitative estimate of drug-likeness (QED) is 0.558. The van der Waals surface area contributed by atoms with Crippen LogP contribution in [0.3, 0.4) is 0 Å². The van der Waals surface area contributed by atoms with Crippen LogP contribution in [0.1, 0.15) is 5.69 Å². The molecule has 0 bridgehead atoms. The zero-order valence-corrected chi connectivity index (χ0v) is 7.19. The highest BCUT2D eigenvalue weighted by Crippen LogP contribution is 2.35. The molecule has 2 aliphatic rings. The monoisotopic (exact) mass is 193 g/mol. The van der Waals surface area contributed by atoms with Gasteiger partial charge in [-0.25, -0.2) is 0 Å². The molecular weight excluding hydrogens is 186 g/mol. The Kier molecular flexibility index (Phi) is 1.22. The van der Waals surface area contributed by atoms with Gasteiger partial charge in [-0.3, -0.25) is 0 Å². The van der Waals surface area contributed by atoms with Crippen molar-refractivity contribution in [2.45, 2.75) is 0 Å². The molecule has 0 amide bonds. The Morgan fingerprint density at radius 2 is 2.14 bits per heavy atom. The van der Waals surface area contributed by atoms with E-state index in [0.717, 1.165) is 4.68 Å². The van der Waals surface area contributed by atoms with E-state index in [1.54, 1.807) is 30.4 Å². The standard InChI is InChI=1S/C10H7F2N2/c11-14(12)10-5-1-3-8(10)7-9-4-2-6-13(9)14/h1-7H/q+1. The fourth-order valence-corrected chi connectivity index (χ4v) is 1.80. The first-order valence-corrected chi connectivity index (χ1v) is 4.27. The number of fused-ring (bicyclic) bond motifs is 2. The van der Waals surface area contributed by atoms with Crippen LogP contribution in [-0.4, -0.2) is 4.68 Å². The predicted molar refractivity (Wildman–Crippen MR) is 49.4 cm³/mol. The van der Waals surface area contributed by atoms with E-state index < -0.39 is 5.04 Å². The minimum Gasteiger partial charge on any atom is -0.117 e. The summed E-state index contributed by atoms with van der Waals surface area (Å²) in [5.74, 6) is 0. The maximum absolute atomic E-state index is 13.7. The molecule has 0 saturated carbocycles. The topological polar surface area (TPSA) is 4.93 Å².